The monoisotopic (exact) mass is 594 g/mol. The summed E-state index contributed by atoms with van der Waals surface area (Å²) in [5.74, 6) is -1.99. The molecule has 0 spiro atoms. The Bertz CT molecular complexity index is 980. The molecule has 10 nitrogen and oxygen atoms in total. The number of piperidine rings is 2. The second-order valence-corrected chi connectivity index (χ2v) is 14.3. The van der Waals surface area contributed by atoms with Crippen LogP contribution in [0, 0.1) is 0 Å². The molecule has 0 aromatic rings. The van der Waals surface area contributed by atoms with Gasteiger partial charge in [0.05, 0.1) is 12.5 Å². The Morgan fingerprint density at radius 3 is 1.43 bits per heavy atom. The van der Waals surface area contributed by atoms with E-state index in [1.165, 1.54) is 6.92 Å². The molecule has 0 N–H and O–H groups in total. The van der Waals surface area contributed by atoms with E-state index in [1.54, 1.807) is 7.11 Å². The first-order valence-corrected chi connectivity index (χ1v) is 15.0. The zero-order valence-corrected chi connectivity index (χ0v) is 27.6. The summed E-state index contributed by atoms with van der Waals surface area (Å²) in [6.45, 7) is 23.1. The van der Waals surface area contributed by atoms with Crippen LogP contribution < -0.4 is 0 Å². The topological polar surface area (TPSA) is 112 Å². The van der Waals surface area contributed by atoms with Gasteiger partial charge in [-0.3, -0.25) is 14.6 Å². The van der Waals surface area contributed by atoms with Gasteiger partial charge in [0.15, 0.2) is 0 Å². The second kappa shape index (κ2) is 14.0. The maximum Gasteiger partial charge on any atom is 0.344 e. The molecule has 0 radical (unpaired) electrons. The van der Waals surface area contributed by atoms with Crippen LogP contribution in [0.25, 0.3) is 0 Å². The van der Waals surface area contributed by atoms with E-state index in [2.05, 4.69) is 71.8 Å². The van der Waals surface area contributed by atoms with E-state index in [4.69, 9.17) is 18.9 Å². The minimum atomic E-state index is -0.800. The van der Waals surface area contributed by atoms with Crippen LogP contribution in [-0.2, 0) is 38.1 Å². The first-order valence-electron chi connectivity index (χ1n) is 15.0. The molecule has 240 valence electrons. The third-order valence-electron chi connectivity index (χ3n) is 8.73. The highest BCUT2D eigenvalue weighted by Gasteiger charge is 2.47. The van der Waals surface area contributed by atoms with Crippen LogP contribution in [0.5, 0.6) is 0 Å². The van der Waals surface area contributed by atoms with Gasteiger partial charge in [-0.2, -0.15) is 0 Å². The number of hydrogen-bond donors (Lipinski definition) is 0. The fraction of sp³-hybridized carbons (Fsp3) is 0.812. The highest BCUT2D eigenvalue weighted by molar-refractivity contribution is 6.13. The minimum Gasteiger partial charge on any atom is -0.462 e. The van der Waals surface area contributed by atoms with Crippen molar-refractivity contribution in [1.82, 2.24) is 9.80 Å². The highest BCUT2D eigenvalue weighted by Crippen LogP contribution is 2.40. The second-order valence-electron chi connectivity index (χ2n) is 14.3. The molecule has 42 heavy (non-hydrogen) atoms. The molecule has 2 aliphatic rings. The lowest BCUT2D eigenvalue weighted by molar-refractivity contribution is -0.163. The average molecular weight is 595 g/mol. The predicted octanol–water partition coefficient (Wildman–Crippen LogP) is 4.23. The van der Waals surface area contributed by atoms with Gasteiger partial charge in [-0.1, -0.05) is 6.58 Å². The molecule has 0 atom stereocenters. The Morgan fingerprint density at radius 1 is 0.690 bits per heavy atom. The van der Waals surface area contributed by atoms with Gasteiger partial charge >= 0.3 is 17.9 Å². The van der Waals surface area contributed by atoms with Crippen LogP contribution in [0.15, 0.2) is 12.2 Å². The van der Waals surface area contributed by atoms with Crippen molar-refractivity contribution >= 4 is 23.7 Å². The maximum absolute atomic E-state index is 12.6. The fourth-order valence-electron chi connectivity index (χ4n) is 7.15. The number of methoxy groups -OCH3 is 1. The van der Waals surface area contributed by atoms with Crippen molar-refractivity contribution in [2.75, 3.05) is 33.4 Å². The summed E-state index contributed by atoms with van der Waals surface area (Å²) >= 11 is 0. The van der Waals surface area contributed by atoms with Gasteiger partial charge in [0.25, 0.3) is 0 Å². The number of carbonyl (C=O) groups is 4. The number of hydrogen-bond acceptors (Lipinski definition) is 10. The van der Waals surface area contributed by atoms with Gasteiger partial charge in [-0.25, -0.2) is 9.59 Å². The quantitative estimate of drug-likeness (QED) is 0.101. The molecule has 2 aliphatic heterocycles. The molecule has 0 saturated carbocycles. The summed E-state index contributed by atoms with van der Waals surface area (Å²) in [6, 6.07) is 0. The Hall–Kier alpha value is -2.30. The van der Waals surface area contributed by atoms with Crippen LogP contribution >= 0.6 is 0 Å². The van der Waals surface area contributed by atoms with E-state index in [9.17, 15) is 19.2 Å². The molecule has 0 aromatic heterocycles. The van der Waals surface area contributed by atoms with Gasteiger partial charge in [-0.15, -0.1) is 0 Å². The standard InChI is InChI=1S/C32H54N2O8/c1-22(35)12-13-26(36)42-25-20-31(7,8)34(32(9,10)21-25)15-17-41-28(38)23(2)27(37)40-16-14-33-29(3,4)18-24(39-11)19-30(33,5)6/h24-25H,2,12-21H2,1,3-11H3. The Labute approximate surface area is 252 Å². The lowest BCUT2D eigenvalue weighted by Gasteiger charge is -2.55. The third kappa shape index (κ3) is 9.61. The lowest BCUT2D eigenvalue weighted by Crippen LogP contribution is -2.63. The molecule has 2 heterocycles. The van der Waals surface area contributed by atoms with E-state index in [-0.39, 0.29) is 77.7 Å². The zero-order chi connectivity index (χ0) is 32.1. The molecule has 0 aliphatic carbocycles. The van der Waals surface area contributed by atoms with Crippen molar-refractivity contribution in [3.8, 4) is 0 Å². The van der Waals surface area contributed by atoms with E-state index in [0.29, 0.717) is 25.9 Å². The van der Waals surface area contributed by atoms with Crippen molar-refractivity contribution < 1.29 is 38.1 Å². The lowest BCUT2D eigenvalue weighted by atomic mass is 9.78. The Kier molecular flexibility index (Phi) is 12.0. The SMILES string of the molecule is C=C(C(=O)OCCN1C(C)(C)CC(OC)CC1(C)C)C(=O)OCCN1C(C)(C)CC(OC(=O)CCC(C)=O)CC1(C)C. The van der Waals surface area contributed by atoms with E-state index in [0.717, 1.165) is 12.8 Å². The number of esters is 3. The summed E-state index contributed by atoms with van der Waals surface area (Å²) in [5, 5.41) is 0. The summed E-state index contributed by atoms with van der Waals surface area (Å²) in [6.07, 6.45) is 3.12. The van der Waals surface area contributed by atoms with E-state index < -0.39 is 11.9 Å². The van der Waals surface area contributed by atoms with Gasteiger partial charge in [-0.05, 0) is 75.2 Å². The van der Waals surface area contributed by atoms with Crippen molar-refractivity contribution in [2.24, 2.45) is 0 Å². The van der Waals surface area contributed by atoms with Crippen LogP contribution in [0.3, 0.4) is 0 Å². The molecule has 0 bridgehead atoms. The van der Waals surface area contributed by atoms with Crippen molar-refractivity contribution in [1.29, 1.82) is 0 Å². The zero-order valence-electron chi connectivity index (χ0n) is 27.6. The largest absolute Gasteiger partial charge is 0.462 e. The van der Waals surface area contributed by atoms with Crippen LogP contribution in [0.2, 0.25) is 0 Å². The summed E-state index contributed by atoms with van der Waals surface area (Å²) in [7, 11) is 1.74. The molecular formula is C32H54N2O8. The minimum absolute atomic E-state index is 0.0422. The molecular weight excluding hydrogens is 540 g/mol. The number of ketones is 1. The van der Waals surface area contributed by atoms with Crippen LogP contribution in [0.4, 0.5) is 0 Å². The molecule has 2 saturated heterocycles. The summed E-state index contributed by atoms with van der Waals surface area (Å²) in [5.41, 5.74) is -1.32. The van der Waals surface area contributed by atoms with E-state index in [1.807, 2.05) is 0 Å². The molecule has 2 fully saturated rings. The van der Waals surface area contributed by atoms with Gasteiger partial charge < -0.3 is 23.7 Å². The van der Waals surface area contributed by atoms with Crippen molar-refractivity contribution in [2.45, 2.75) is 135 Å². The van der Waals surface area contributed by atoms with E-state index >= 15 is 0 Å². The number of likely N-dealkylation sites (tertiary alicyclic amines) is 2. The number of nitrogens with zero attached hydrogens (tertiary/aromatic N) is 2. The molecule has 2 rings (SSSR count). The van der Waals surface area contributed by atoms with Crippen molar-refractivity contribution in [3.05, 3.63) is 12.2 Å². The molecule has 10 heteroatoms. The highest BCUT2D eigenvalue weighted by atomic mass is 16.6. The average Bonchev–Trinajstić information content (AvgIpc) is 2.83. The molecule has 0 aromatic carbocycles. The fourth-order valence-corrected chi connectivity index (χ4v) is 7.15. The van der Waals surface area contributed by atoms with Crippen molar-refractivity contribution in [3.63, 3.8) is 0 Å². The summed E-state index contributed by atoms with van der Waals surface area (Å²) < 4.78 is 22.2. The predicted molar refractivity (Wildman–Crippen MR) is 160 cm³/mol. The van der Waals surface area contributed by atoms with Gasteiger partial charge in [0.1, 0.15) is 30.7 Å². The van der Waals surface area contributed by atoms with Crippen LogP contribution in [0.1, 0.15) is 101 Å². The Morgan fingerprint density at radius 2 is 1.07 bits per heavy atom. The van der Waals surface area contributed by atoms with Gasteiger partial charge in [0.2, 0.25) is 0 Å². The first kappa shape index (κ1) is 35.9. The maximum atomic E-state index is 12.6. The molecule has 0 unspecified atom stereocenters. The molecule has 0 amide bonds. The van der Waals surface area contributed by atoms with Crippen LogP contribution in [-0.4, -0.2) is 101 Å². The number of Topliss-reactive ketones (excluding diaryl/α,β-unsaturated/α-hetero) is 1. The first-order chi connectivity index (χ1) is 19.2. The smallest absolute Gasteiger partial charge is 0.344 e. The number of ether oxygens (including phenoxy) is 4. The third-order valence-corrected chi connectivity index (χ3v) is 8.73. The number of rotatable bonds is 13. The normalized spacial score (nSPS) is 22.2. The van der Waals surface area contributed by atoms with Gasteiger partial charge in [0, 0.05) is 61.6 Å². The number of carbonyl (C=O) groups excluding carboxylic acids is 4. The Balaban J connectivity index is 1.84. The summed E-state index contributed by atoms with van der Waals surface area (Å²) in [4.78, 5) is 53.2.